The van der Waals surface area contributed by atoms with Gasteiger partial charge in [0.05, 0.1) is 5.92 Å². The molecule has 1 aliphatic carbocycles. The molecule has 1 unspecified atom stereocenters. The number of likely N-dealkylation sites (N-methyl/N-ethyl adjacent to an activating group) is 1. The molecule has 2 saturated heterocycles. The minimum absolute atomic E-state index is 0.0601. The fraction of sp³-hybridized carbons (Fsp3) is 0.650. The van der Waals surface area contributed by atoms with E-state index in [2.05, 4.69) is 29.2 Å². The second-order valence-electron chi connectivity index (χ2n) is 8.11. The Bertz CT molecular complexity index is 558. The zero-order valence-corrected chi connectivity index (χ0v) is 14.2. The largest absolute Gasteiger partial charge is 0.345 e. The van der Waals surface area contributed by atoms with Crippen LogP contribution in [0.25, 0.3) is 0 Å². The summed E-state index contributed by atoms with van der Waals surface area (Å²) in [6, 6.07) is 10.4. The summed E-state index contributed by atoms with van der Waals surface area (Å²) in [5.74, 6) is 1.35. The van der Waals surface area contributed by atoms with Crippen LogP contribution in [0.15, 0.2) is 30.3 Å². The minimum Gasteiger partial charge on any atom is -0.345 e. The van der Waals surface area contributed by atoms with Gasteiger partial charge < -0.3 is 9.80 Å². The van der Waals surface area contributed by atoms with Crippen molar-refractivity contribution in [3.05, 3.63) is 35.9 Å². The van der Waals surface area contributed by atoms with E-state index in [0.29, 0.717) is 11.3 Å². The standard InChI is InChI=1S/C20H28N2O/c1-21-15-20(9-11-22(12-10-20)14-16-7-8-16)13-18(19(21)23)17-5-3-2-4-6-17/h2-6,16,18H,7-15H2,1H3. The van der Waals surface area contributed by atoms with Gasteiger partial charge in [-0.25, -0.2) is 0 Å². The zero-order chi connectivity index (χ0) is 15.9. The first-order chi connectivity index (χ1) is 11.2. The topological polar surface area (TPSA) is 23.6 Å². The average Bonchev–Trinajstić information content (AvgIpc) is 3.38. The third kappa shape index (κ3) is 3.16. The van der Waals surface area contributed by atoms with E-state index in [1.165, 1.54) is 50.9 Å². The van der Waals surface area contributed by atoms with Crippen LogP contribution in [0.4, 0.5) is 0 Å². The lowest BCUT2D eigenvalue weighted by atomic mass is 9.67. The van der Waals surface area contributed by atoms with Crippen molar-refractivity contribution in [3.63, 3.8) is 0 Å². The monoisotopic (exact) mass is 312 g/mol. The molecule has 3 fully saturated rings. The van der Waals surface area contributed by atoms with Crippen LogP contribution in [0.2, 0.25) is 0 Å². The minimum atomic E-state index is 0.0601. The van der Waals surface area contributed by atoms with Crippen LogP contribution >= 0.6 is 0 Å². The van der Waals surface area contributed by atoms with Crippen molar-refractivity contribution in [3.8, 4) is 0 Å². The Hall–Kier alpha value is -1.35. The molecule has 1 aromatic carbocycles. The molecule has 0 bridgehead atoms. The maximum Gasteiger partial charge on any atom is 0.229 e. The second kappa shape index (κ2) is 5.94. The molecule has 2 aliphatic heterocycles. The summed E-state index contributed by atoms with van der Waals surface area (Å²) in [7, 11) is 2.00. The van der Waals surface area contributed by atoms with Crippen LogP contribution in [0.1, 0.15) is 43.6 Å². The molecular weight excluding hydrogens is 284 g/mol. The third-order valence-corrected chi connectivity index (χ3v) is 6.22. The van der Waals surface area contributed by atoms with Crippen molar-refractivity contribution in [1.82, 2.24) is 9.80 Å². The smallest absolute Gasteiger partial charge is 0.229 e. The summed E-state index contributed by atoms with van der Waals surface area (Å²) in [6.45, 7) is 4.71. The number of carbonyl (C=O) groups is 1. The van der Waals surface area contributed by atoms with Crippen molar-refractivity contribution in [2.24, 2.45) is 11.3 Å². The molecule has 0 radical (unpaired) electrons. The quantitative estimate of drug-likeness (QED) is 0.856. The average molecular weight is 312 g/mol. The Morgan fingerprint density at radius 2 is 1.83 bits per heavy atom. The van der Waals surface area contributed by atoms with Gasteiger partial charge in [0.1, 0.15) is 0 Å². The normalized spacial score (nSPS) is 28.3. The number of piperidine rings is 2. The first kappa shape index (κ1) is 15.2. The number of hydrogen-bond donors (Lipinski definition) is 0. The summed E-state index contributed by atoms with van der Waals surface area (Å²) in [6.07, 6.45) is 6.42. The second-order valence-corrected chi connectivity index (χ2v) is 8.11. The molecule has 1 atom stereocenters. The summed E-state index contributed by atoms with van der Waals surface area (Å²) in [4.78, 5) is 17.3. The predicted molar refractivity (Wildman–Crippen MR) is 92.3 cm³/mol. The molecule has 0 aromatic heterocycles. The summed E-state index contributed by atoms with van der Waals surface area (Å²) < 4.78 is 0. The Morgan fingerprint density at radius 1 is 1.13 bits per heavy atom. The summed E-state index contributed by atoms with van der Waals surface area (Å²) in [5, 5.41) is 0. The number of amides is 1. The molecule has 0 N–H and O–H groups in total. The molecular formula is C20H28N2O. The van der Waals surface area contributed by atoms with Crippen LogP contribution < -0.4 is 0 Å². The number of likely N-dealkylation sites (tertiary alicyclic amines) is 2. The highest BCUT2D eigenvalue weighted by molar-refractivity contribution is 5.84. The van der Waals surface area contributed by atoms with Crippen molar-refractivity contribution < 1.29 is 4.79 Å². The maximum absolute atomic E-state index is 12.7. The van der Waals surface area contributed by atoms with Crippen LogP contribution in [0.3, 0.4) is 0 Å². The van der Waals surface area contributed by atoms with E-state index in [-0.39, 0.29) is 5.92 Å². The Balaban J connectivity index is 1.47. The third-order valence-electron chi connectivity index (χ3n) is 6.22. The van der Waals surface area contributed by atoms with E-state index in [0.717, 1.165) is 18.9 Å². The Kier molecular flexibility index (Phi) is 3.92. The first-order valence-electron chi connectivity index (χ1n) is 9.18. The Labute approximate surface area is 139 Å². The Morgan fingerprint density at radius 3 is 2.48 bits per heavy atom. The number of benzene rings is 1. The van der Waals surface area contributed by atoms with Gasteiger partial charge in [0, 0.05) is 20.1 Å². The van der Waals surface area contributed by atoms with Gasteiger partial charge in [0.15, 0.2) is 0 Å². The SMILES string of the molecule is CN1CC2(CCN(CC3CC3)CC2)CC(c2ccccc2)C1=O. The van der Waals surface area contributed by atoms with E-state index < -0.39 is 0 Å². The molecule has 124 valence electrons. The van der Waals surface area contributed by atoms with Gasteiger partial charge in [0.25, 0.3) is 0 Å². The highest BCUT2D eigenvalue weighted by atomic mass is 16.2. The molecule has 4 rings (SSSR count). The zero-order valence-electron chi connectivity index (χ0n) is 14.2. The van der Waals surface area contributed by atoms with E-state index in [1.54, 1.807) is 0 Å². The van der Waals surface area contributed by atoms with Crippen LogP contribution in [0.5, 0.6) is 0 Å². The lowest BCUT2D eigenvalue weighted by molar-refractivity contribution is -0.139. The lowest BCUT2D eigenvalue weighted by Crippen LogP contribution is -2.52. The van der Waals surface area contributed by atoms with Gasteiger partial charge in [0.2, 0.25) is 5.91 Å². The van der Waals surface area contributed by atoms with Gasteiger partial charge in [-0.15, -0.1) is 0 Å². The maximum atomic E-state index is 12.7. The molecule has 1 spiro atoms. The van der Waals surface area contributed by atoms with Gasteiger partial charge in [-0.1, -0.05) is 30.3 Å². The first-order valence-corrected chi connectivity index (χ1v) is 9.18. The molecule has 2 heterocycles. The fourth-order valence-corrected chi connectivity index (χ4v) is 4.62. The number of hydrogen-bond acceptors (Lipinski definition) is 2. The highest BCUT2D eigenvalue weighted by Crippen LogP contribution is 2.45. The van der Waals surface area contributed by atoms with Crippen molar-refractivity contribution in [1.29, 1.82) is 0 Å². The van der Waals surface area contributed by atoms with Crippen molar-refractivity contribution >= 4 is 5.91 Å². The van der Waals surface area contributed by atoms with E-state index in [4.69, 9.17) is 0 Å². The molecule has 1 amide bonds. The lowest BCUT2D eigenvalue weighted by Gasteiger charge is -2.49. The van der Waals surface area contributed by atoms with Crippen molar-refractivity contribution in [2.45, 2.75) is 38.0 Å². The molecule has 3 nitrogen and oxygen atoms in total. The highest BCUT2D eigenvalue weighted by Gasteiger charge is 2.45. The molecule has 3 aliphatic rings. The van der Waals surface area contributed by atoms with Crippen LogP contribution in [0, 0.1) is 11.3 Å². The summed E-state index contributed by atoms with van der Waals surface area (Å²) >= 11 is 0. The predicted octanol–water partition coefficient (Wildman–Crippen LogP) is 3.12. The molecule has 3 heteroatoms. The van der Waals surface area contributed by atoms with Gasteiger partial charge in [-0.2, -0.15) is 0 Å². The van der Waals surface area contributed by atoms with Crippen molar-refractivity contribution in [2.75, 3.05) is 33.2 Å². The number of nitrogens with zero attached hydrogens (tertiary/aromatic N) is 2. The van der Waals surface area contributed by atoms with Crippen LogP contribution in [-0.2, 0) is 4.79 Å². The van der Waals surface area contributed by atoms with E-state index in [9.17, 15) is 4.79 Å². The number of rotatable bonds is 3. The van der Waals surface area contributed by atoms with Gasteiger partial charge in [-0.05, 0) is 62.1 Å². The van der Waals surface area contributed by atoms with E-state index in [1.807, 2.05) is 18.0 Å². The van der Waals surface area contributed by atoms with Crippen LogP contribution in [-0.4, -0.2) is 48.9 Å². The van der Waals surface area contributed by atoms with Gasteiger partial charge >= 0.3 is 0 Å². The van der Waals surface area contributed by atoms with E-state index >= 15 is 0 Å². The molecule has 1 saturated carbocycles. The molecule has 23 heavy (non-hydrogen) atoms. The summed E-state index contributed by atoms with van der Waals surface area (Å²) in [5.41, 5.74) is 1.53. The molecule has 1 aromatic rings. The fourth-order valence-electron chi connectivity index (χ4n) is 4.62. The number of carbonyl (C=O) groups excluding carboxylic acids is 1. The van der Waals surface area contributed by atoms with Gasteiger partial charge in [-0.3, -0.25) is 4.79 Å².